The van der Waals surface area contributed by atoms with E-state index < -0.39 is 0 Å². The predicted octanol–water partition coefficient (Wildman–Crippen LogP) is 2.85. The third kappa shape index (κ3) is 0.744. The Morgan fingerprint density at radius 1 is 1.10 bits per heavy atom. The molecule has 0 aromatic rings. The highest BCUT2D eigenvalue weighted by molar-refractivity contribution is 5.09. The topological polar surface area (TPSA) is 0 Å². The van der Waals surface area contributed by atoms with E-state index >= 15 is 0 Å². The summed E-state index contributed by atoms with van der Waals surface area (Å²) in [5, 5.41) is 0. The van der Waals surface area contributed by atoms with Crippen molar-refractivity contribution in [1.29, 1.82) is 0 Å². The summed E-state index contributed by atoms with van der Waals surface area (Å²) in [6, 6.07) is 0. The van der Waals surface area contributed by atoms with E-state index in [1.165, 1.54) is 12.8 Å². The fraction of sp³-hybridized carbons (Fsp3) is 0.800. The second-order valence-corrected chi connectivity index (χ2v) is 4.04. The molecule has 0 N–H and O–H groups in total. The van der Waals surface area contributed by atoms with Crippen LogP contribution in [-0.4, -0.2) is 0 Å². The van der Waals surface area contributed by atoms with Crippen LogP contribution in [-0.2, 0) is 0 Å². The van der Waals surface area contributed by atoms with Gasteiger partial charge in [-0.25, -0.2) is 0 Å². The van der Waals surface area contributed by atoms with Crippen molar-refractivity contribution in [3.05, 3.63) is 12.2 Å². The number of hydrogen-bond acceptors (Lipinski definition) is 0. The minimum atomic E-state index is 0.863. The Kier molecular flexibility index (Phi) is 1.36. The molecule has 1 saturated carbocycles. The summed E-state index contributed by atoms with van der Waals surface area (Å²) in [5.74, 6) is 3.79. The first-order chi connectivity index (χ1) is 4.79. The van der Waals surface area contributed by atoms with Gasteiger partial charge in [-0.05, 0) is 36.5 Å². The summed E-state index contributed by atoms with van der Waals surface area (Å²) in [5.41, 5.74) is 0. The van der Waals surface area contributed by atoms with Crippen LogP contribution in [0.1, 0.15) is 26.7 Å². The molecular weight excluding hydrogens is 120 g/mol. The van der Waals surface area contributed by atoms with E-state index in [4.69, 9.17) is 0 Å². The Balaban J connectivity index is 2.17. The monoisotopic (exact) mass is 136 g/mol. The molecule has 0 spiro atoms. The van der Waals surface area contributed by atoms with E-state index in [0.29, 0.717) is 0 Å². The van der Waals surface area contributed by atoms with Gasteiger partial charge in [0.15, 0.2) is 0 Å². The minimum absolute atomic E-state index is 0.863. The SMILES string of the molecule is CC1C=CC2CCC(C)C12. The van der Waals surface area contributed by atoms with Gasteiger partial charge in [0, 0.05) is 0 Å². The van der Waals surface area contributed by atoms with Crippen molar-refractivity contribution < 1.29 is 0 Å². The summed E-state index contributed by atoms with van der Waals surface area (Å²) in [6.45, 7) is 4.77. The van der Waals surface area contributed by atoms with E-state index in [9.17, 15) is 0 Å². The third-order valence-electron chi connectivity index (χ3n) is 3.38. The minimum Gasteiger partial charge on any atom is -0.0851 e. The van der Waals surface area contributed by atoms with Crippen molar-refractivity contribution in [3.63, 3.8) is 0 Å². The van der Waals surface area contributed by atoms with Gasteiger partial charge in [0.25, 0.3) is 0 Å². The van der Waals surface area contributed by atoms with E-state index in [0.717, 1.165) is 23.7 Å². The van der Waals surface area contributed by atoms with Gasteiger partial charge in [-0.3, -0.25) is 0 Å². The van der Waals surface area contributed by atoms with E-state index in [2.05, 4.69) is 26.0 Å². The standard InChI is InChI=1S/C10H16/c1-7-3-5-9-6-4-8(2)10(7)9/h3,5,7-10H,4,6H2,1-2H3. The molecule has 2 aliphatic carbocycles. The zero-order chi connectivity index (χ0) is 7.14. The van der Waals surface area contributed by atoms with Gasteiger partial charge in [-0.1, -0.05) is 26.0 Å². The van der Waals surface area contributed by atoms with Crippen LogP contribution in [0.15, 0.2) is 12.2 Å². The van der Waals surface area contributed by atoms with Gasteiger partial charge in [0.1, 0.15) is 0 Å². The second-order valence-electron chi connectivity index (χ2n) is 4.04. The van der Waals surface area contributed by atoms with Gasteiger partial charge in [0.05, 0.1) is 0 Å². The maximum Gasteiger partial charge on any atom is -0.0197 e. The lowest BCUT2D eigenvalue weighted by molar-refractivity contribution is 0.321. The zero-order valence-corrected chi connectivity index (χ0v) is 6.88. The van der Waals surface area contributed by atoms with Crippen LogP contribution in [0, 0.1) is 23.7 Å². The number of allylic oxidation sites excluding steroid dienone is 2. The highest BCUT2D eigenvalue weighted by Gasteiger charge is 2.37. The fourth-order valence-electron chi connectivity index (χ4n) is 2.84. The fourth-order valence-corrected chi connectivity index (χ4v) is 2.84. The van der Waals surface area contributed by atoms with Crippen LogP contribution in [0.25, 0.3) is 0 Å². The molecule has 0 aromatic carbocycles. The molecule has 0 aliphatic heterocycles. The summed E-state index contributed by atoms with van der Waals surface area (Å²) in [7, 11) is 0. The third-order valence-corrected chi connectivity index (χ3v) is 3.38. The molecule has 0 saturated heterocycles. The predicted molar refractivity (Wildman–Crippen MR) is 43.7 cm³/mol. The van der Waals surface area contributed by atoms with E-state index in [1.807, 2.05) is 0 Å². The molecule has 0 heteroatoms. The Morgan fingerprint density at radius 2 is 1.90 bits per heavy atom. The molecule has 0 nitrogen and oxygen atoms in total. The first-order valence-electron chi connectivity index (χ1n) is 4.47. The lowest BCUT2D eigenvalue weighted by atomic mass is 9.86. The number of rotatable bonds is 0. The van der Waals surface area contributed by atoms with Crippen molar-refractivity contribution in [1.82, 2.24) is 0 Å². The Bertz CT molecular complexity index is 157. The lowest BCUT2D eigenvalue weighted by Gasteiger charge is -2.19. The van der Waals surface area contributed by atoms with Gasteiger partial charge in [-0.15, -0.1) is 0 Å². The Labute approximate surface area is 63.3 Å². The van der Waals surface area contributed by atoms with Crippen LogP contribution in [0.5, 0.6) is 0 Å². The summed E-state index contributed by atoms with van der Waals surface area (Å²) in [6.07, 6.45) is 7.76. The quantitative estimate of drug-likeness (QED) is 0.449. The summed E-state index contributed by atoms with van der Waals surface area (Å²) in [4.78, 5) is 0. The molecule has 0 radical (unpaired) electrons. The van der Waals surface area contributed by atoms with Gasteiger partial charge >= 0.3 is 0 Å². The summed E-state index contributed by atoms with van der Waals surface area (Å²) >= 11 is 0. The van der Waals surface area contributed by atoms with Gasteiger partial charge in [0.2, 0.25) is 0 Å². The molecule has 4 unspecified atom stereocenters. The molecule has 2 aliphatic rings. The van der Waals surface area contributed by atoms with Crippen molar-refractivity contribution in [2.24, 2.45) is 23.7 Å². The van der Waals surface area contributed by atoms with Crippen LogP contribution in [0.3, 0.4) is 0 Å². The molecule has 2 rings (SSSR count). The highest BCUT2D eigenvalue weighted by Crippen LogP contribution is 2.46. The molecule has 10 heavy (non-hydrogen) atoms. The van der Waals surface area contributed by atoms with Crippen molar-refractivity contribution in [2.45, 2.75) is 26.7 Å². The van der Waals surface area contributed by atoms with Crippen molar-refractivity contribution in [3.8, 4) is 0 Å². The normalized spacial score (nSPS) is 51.8. The molecule has 4 atom stereocenters. The van der Waals surface area contributed by atoms with E-state index in [1.54, 1.807) is 0 Å². The Morgan fingerprint density at radius 3 is 2.60 bits per heavy atom. The zero-order valence-electron chi connectivity index (χ0n) is 6.88. The molecule has 0 heterocycles. The average molecular weight is 136 g/mol. The second kappa shape index (κ2) is 2.11. The van der Waals surface area contributed by atoms with E-state index in [-0.39, 0.29) is 0 Å². The molecule has 56 valence electrons. The smallest absolute Gasteiger partial charge is 0.0197 e. The number of fused-ring (bicyclic) bond motifs is 1. The van der Waals surface area contributed by atoms with Gasteiger partial charge < -0.3 is 0 Å². The van der Waals surface area contributed by atoms with Crippen LogP contribution >= 0.6 is 0 Å². The first-order valence-corrected chi connectivity index (χ1v) is 4.47. The molecule has 1 fully saturated rings. The van der Waals surface area contributed by atoms with Crippen molar-refractivity contribution >= 4 is 0 Å². The van der Waals surface area contributed by atoms with Gasteiger partial charge in [-0.2, -0.15) is 0 Å². The first kappa shape index (κ1) is 6.45. The molecule has 0 bridgehead atoms. The molecule has 0 aromatic heterocycles. The number of hydrogen-bond donors (Lipinski definition) is 0. The maximum atomic E-state index is 2.44. The Hall–Kier alpha value is -0.260. The molecule has 0 amide bonds. The summed E-state index contributed by atoms with van der Waals surface area (Å²) < 4.78 is 0. The van der Waals surface area contributed by atoms with Crippen LogP contribution in [0.2, 0.25) is 0 Å². The highest BCUT2D eigenvalue weighted by atomic mass is 14.4. The van der Waals surface area contributed by atoms with Crippen LogP contribution < -0.4 is 0 Å². The molecular formula is C10H16. The lowest BCUT2D eigenvalue weighted by Crippen LogP contribution is -2.13. The largest absolute Gasteiger partial charge is 0.0851 e. The average Bonchev–Trinajstić information content (AvgIpc) is 2.40. The van der Waals surface area contributed by atoms with Crippen LogP contribution in [0.4, 0.5) is 0 Å². The maximum absolute atomic E-state index is 2.44. The van der Waals surface area contributed by atoms with Crippen molar-refractivity contribution in [2.75, 3.05) is 0 Å².